The van der Waals surface area contributed by atoms with Gasteiger partial charge in [-0.3, -0.25) is 0 Å². The molecule has 2 aromatic carbocycles. The first-order valence-corrected chi connectivity index (χ1v) is 8.62. The van der Waals surface area contributed by atoms with Crippen LogP contribution in [0.25, 0.3) is 30.9 Å². The van der Waals surface area contributed by atoms with E-state index in [1.807, 2.05) is 22.7 Å². The van der Waals surface area contributed by atoms with E-state index >= 15 is 0 Å². The SMILES string of the molecule is Cc1cc2c(ccc3c4cc(C(C)C)sc4ccc23)s1. The second-order valence-corrected chi connectivity index (χ2v) is 8.11. The Morgan fingerprint density at radius 1 is 0.750 bits per heavy atom. The van der Waals surface area contributed by atoms with E-state index in [1.165, 1.54) is 40.7 Å². The highest BCUT2D eigenvalue weighted by atomic mass is 32.1. The Hall–Kier alpha value is -1.38. The van der Waals surface area contributed by atoms with Gasteiger partial charge in [-0.25, -0.2) is 0 Å². The lowest BCUT2D eigenvalue weighted by molar-refractivity contribution is 0.890. The zero-order chi connectivity index (χ0) is 13.9. The molecule has 0 nitrogen and oxygen atoms in total. The second kappa shape index (κ2) is 4.31. The molecule has 100 valence electrons. The van der Waals surface area contributed by atoms with Crippen molar-refractivity contribution in [2.45, 2.75) is 26.7 Å². The largest absolute Gasteiger partial charge is 0.141 e. The summed E-state index contributed by atoms with van der Waals surface area (Å²) < 4.78 is 2.81. The summed E-state index contributed by atoms with van der Waals surface area (Å²) >= 11 is 3.82. The summed E-state index contributed by atoms with van der Waals surface area (Å²) in [5.41, 5.74) is 0. The maximum absolute atomic E-state index is 2.39. The molecule has 0 saturated carbocycles. The van der Waals surface area contributed by atoms with Gasteiger partial charge in [0, 0.05) is 29.9 Å². The first-order valence-electron chi connectivity index (χ1n) is 6.99. The Morgan fingerprint density at radius 3 is 2.00 bits per heavy atom. The van der Waals surface area contributed by atoms with Crippen molar-refractivity contribution in [3.05, 3.63) is 46.2 Å². The quantitative estimate of drug-likeness (QED) is 0.366. The smallest absolute Gasteiger partial charge is 0.0352 e. The van der Waals surface area contributed by atoms with E-state index < -0.39 is 0 Å². The number of fused-ring (bicyclic) bond motifs is 5. The van der Waals surface area contributed by atoms with Crippen LogP contribution in [0.1, 0.15) is 29.5 Å². The van der Waals surface area contributed by atoms with Crippen LogP contribution in [0, 0.1) is 6.92 Å². The van der Waals surface area contributed by atoms with E-state index in [1.54, 1.807) is 0 Å². The van der Waals surface area contributed by atoms with Crippen LogP contribution in [0.2, 0.25) is 0 Å². The second-order valence-electron chi connectivity index (χ2n) is 5.71. The summed E-state index contributed by atoms with van der Waals surface area (Å²) in [6.45, 7) is 6.73. The predicted molar refractivity (Wildman–Crippen MR) is 93.5 cm³/mol. The Bertz CT molecular complexity index is 938. The minimum atomic E-state index is 0.606. The number of hydrogen-bond acceptors (Lipinski definition) is 2. The third-order valence-corrected chi connectivity index (χ3v) is 6.32. The average molecular weight is 296 g/mol. The highest BCUT2D eigenvalue weighted by Crippen LogP contribution is 2.39. The maximum atomic E-state index is 2.39. The topological polar surface area (TPSA) is 0 Å². The zero-order valence-electron chi connectivity index (χ0n) is 11.9. The summed E-state index contributed by atoms with van der Waals surface area (Å²) in [4.78, 5) is 2.87. The standard InChI is InChI=1S/C18H16S2/c1-10(2)18-9-15-13-4-6-16-14(8-11(3)19-16)12(13)5-7-17(15)20-18/h4-10H,1-3H3. The fourth-order valence-corrected chi connectivity index (χ4v) is 4.90. The van der Waals surface area contributed by atoms with Crippen LogP contribution < -0.4 is 0 Å². The van der Waals surface area contributed by atoms with Crippen LogP contribution in [0.3, 0.4) is 0 Å². The maximum Gasteiger partial charge on any atom is 0.0352 e. The lowest BCUT2D eigenvalue weighted by Gasteiger charge is -2.01. The molecular weight excluding hydrogens is 280 g/mol. The van der Waals surface area contributed by atoms with Gasteiger partial charge in [-0.15, -0.1) is 22.7 Å². The molecule has 0 amide bonds. The van der Waals surface area contributed by atoms with Gasteiger partial charge in [-0.05, 0) is 47.9 Å². The fraction of sp³-hybridized carbons (Fsp3) is 0.222. The number of aryl methyl sites for hydroxylation is 1. The van der Waals surface area contributed by atoms with Gasteiger partial charge in [0.15, 0.2) is 0 Å². The van der Waals surface area contributed by atoms with Gasteiger partial charge in [-0.1, -0.05) is 26.0 Å². The van der Waals surface area contributed by atoms with Crippen LogP contribution >= 0.6 is 22.7 Å². The van der Waals surface area contributed by atoms with Crippen molar-refractivity contribution in [1.82, 2.24) is 0 Å². The number of benzene rings is 2. The Kier molecular flexibility index (Phi) is 2.66. The van der Waals surface area contributed by atoms with Crippen molar-refractivity contribution < 1.29 is 0 Å². The highest BCUT2D eigenvalue weighted by molar-refractivity contribution is 7.19. The molecule has 0 aliphatic carbocycles. The first kappa shape index (κ1) is 12.4. The zero-order valence-corrected chi connectivity index (χ0v) is 13.5. The lowest BCUT2D eigenvalue weighted by Crippen LogP contribution is -1.78. The van der Waals surface area contributed by atoms with E-state index in [4.69, 9.17) is 0 Å². The molecule has 0 aliphatic heterocycles. The Balaban J connectivity index is 2.16. The van der Waals surface area contributed by atoms with Gasteiger partial charge in [0.2, 0.25) is 0 Å². The van der Waals surface area contributed by atoms with Crippen LogP contribution in [-0.2, 0) is 0 Å². The van der Waals surface area contributed by atoms with E-state index in [9.17, 15) is 0 Å². The molecule has 0 radical (unpaired) electrons. The van der Waals surface area contributed by atoms with Gasteiger partial charge in [0.1, 0.15) is 0 Å². The van der Waals surface area contributed by atoms with Crippen LogP contribution in [0.4, 0.5) is 0 Å². The predicted octanol–water partition coefficient (Wildman–Crippen LogP) is 6.70. The van der Waals surface area contributed by atoms with E-state index in [0.717, 1.165) is 0 Å². The monoisotopic (exact) mass is 296 g/mol. The molecule has 20 heavy (non-hydrogen) atoms. The van der Waals surface area contributed by atoms with E-state index in [0.29, 0.717) is 5.92 Å². The third-order valence-electron chi connectivity index (χ3n) is 3.91. The van der Waals surface area contributed by atoms with Crippen molar-refractivity contribution in [3.8, 4) is 0 Å². The van der Waals surface area contributed by atoms with Crippen LogP contribution in [0.15, 0.2) is 36.4 Å². The number of rotatable bonds is 1. The van der Waals surface area contributed by atoms with Crippen molar-refractivity contribution >= 4 is 53.6 Å². The number of thiophene rings is 2. The molecule has 0 N–H and O–H groups in total. The van der Waals surface area contributed by atoms with E-state index in [2.05, 4.69) is 57.2 Å². The van der Waals surface area contributed by atoms with Crippen molar-refractivity contribution in [3.63, 3.8) is 0 Å². The third kappa shape index (κ3) is 1.72. The molecule has 0 spiro atoms. The molecule has 0 bridgehead atoms. The van der Waals surface area contributed by atoms with Gasteiger partial charge >= 0.3 is 0 Å². The number of hydrogen-bond donors (Lipinski definition) is 0. The molecule has 0 fully saturated rings. The minimum Gasteiger partial charge on any atom is -0.141 e. The van der Waals surface area contributed by atoms with Crippen LogP contribution in [0.5, 0.6) is 0 Å². The summed E-state index contributed by atoms with van der Waals surface area (Å²) in [5, 5.41) is 5.62. The first-order chi connectivity index (χ1) is 9.63. The van der Waals surface area contributed by atoms with Crippen molar-refractivity contribution in [1.29, 1.82) is 0 Å². The molecule has 2 heterocycles. The average Bonchev–Trinajstić information content (AvgIpc) is 2.99. The summed E-state index contributed by atoms with van der Waals surface area (Å²) in [7, 11) is 0. The van der Waals surface area contributed by atoms with Crippen LogP contribution in [-0.4, -0.2) is 0 Å². The molecule has 4 aromatic rings. The van der Waals surface area contributed by atoms with Crippen molar-refractivity contribution in [2.75, 3.05) is 0 Å². The van der Waals surface area contributed by atoms with Gasteiger partial charge in [0.25, 0.3) is 0 Å². The summed E-state index contributed by atoms with van der Waals surface area (Å²) in [6.07, 6.45) is 0. The summed E-state index contributed by atoms with van der Waals surface area (Å²) in [5.74, 6) is 0.606. The molecule has 0 unspecified atom stereocenters. The Labute approximate surface area is 126 Å². The molecule has 0 saturated heterocycles. The molecule has 0 aliphatic rings. The fourth-order valence-electron chi connectivity index (χ4n) is 2.88. The van der Waals surface area contributed by atoms with E-state index in [-0.39, 0.29) is 0 Å². The molecule has 0 atom stereocenters. The lowest BCUT2D eigenvalue weighted by atomic mass is 10.0. The minimum absolute atomic E-state index is 0.606. The molecular formula is C18H16S2. The normalized spacial score (nSPS) is 12.2. The Morgan fingerprint density at radius 2 is 1.35 bits per heavy atom. The molecule has 2 heteroatoms. The van der Waals surface area contributed by atoms with Crippen molar-refractivity contribution in [2.24, 2.45) is 0 Å². The molecule has 2 aromatic heterocycles. The van der Waals surface area contributed by atoms with Gasteiger partial charge in [-0.2, -0.15) is 0 Å². The highest BCUT2D eigenvalue weighted by Gasteiger charge is 2.10. The van der Waals surface area contributed by atoms with Gasteiger partial charge in [0.05, 0.1) is 0 Å². The summed E-state index contributed by atoms with van der Waals surface area (Å²) in [6, 6.07) is 13.9. The molecule has 4 rings (SSSR count). The van der Waals surface area contributed by atoms with Gasteiger partial charge < -0.3 is 0 Å².